The number of nitrogens with one attached hydrogen (secondary N) is 2. The fourth-order valence-electron chi connectivity index (χ4n) is 4.19. The fraction of sp³-hybridized carbons (Fsp3) is 0.222. The number of nitrogens with zero attached hydrogens (tertiary/aromatic N) is 3. The molecule has 0 saturated carbocycles. The Hall–Kier alpha value is -3.55. The van der Waals surface area contributed by atoms with Crippen LogP contribution in [0.2, 0.25) is 0 Å². The number of fused-ring (bicyclic) bond motifs is 3. The minimum atomic E-state index is -0.0581. The summed E-state index contributed by atoms with van der Waals surface area (Å²) < 4.78 is 0. The van der Waals surface area contributed by atoms with Gasteiger partial charge in [0.05, 0.1) is 17.8 Å². The fourth-order valence-corrected chi connectivity index (χ4v) is 4.86. The minimum absolute atomic E-state index is 0.0581. The van der Waals surface area contributed by atoms with Crippen molar-refractivity contribution in [3.63, 3.8) is 0 Å². The molecule has 172 valence electrons. The Labute approximate surface area is 203 Å². The Morgan fingerprint density at radius 1 is 1.12 bits per heavy atom. The SMILES string of the molecule is CN(C)CCCc1cccc(Nc2ncc3c(n2)-c2ccc(-c4ccsc4)cc2NC(=O)C3)c1. The number of carbonyl (C=O) groups is 1. The number of hydrogen-bond donors (Lipinski definition) is 2. The number of benzene rings is 2. The number of amides is 1. The molecular weight excluding hydrogens is 442 g/mol. The van der Waals surface area contributed by atoms with Gasteiger partial charge >= 0.3 is 0 Å². The normalized spacial score (nSPS) is 12.6. The first kappa shape index (κ1) is 22.3. The second-order valence-corrected chi connectivity index (χ2v) is 9.58. The van der Waals surface area contributed by atoms with E-state index in [1.807, 2.05) is 18.2 Å². The number of thiophene rings is 1. The van der Waals surface area contributed by atoms with Gasteiger partial charge in [0.15, 0.2) is 0 Å². The molecule has 2 aromatic carbocycles. The van der Waals surface area contributed by atoms with Crippen LogP contribution in [0, 0.1) is 0 Å². The van der Waals surface area contributed by atoms with Crippen molar-refractivity contribution in [2.75, 3.05) is 31.3 Å². The summed E-state index contributed by atoms with van der Waals surface area (Å²) in [7, 11) is 4.19. The van der Waals surface area contributed by atoms with Crippen LogP contribution < -0.4 is 10.6 Å². The maximum absolute atomic E-state index is 12.6. The zero-order valence-electron chi connectivity index (χ0n) is 19.3. The summed E-state index contributed by atoms with van der Waals surface area (Å²) in [5.74, 6) is 0.462. The molecule has 0 fully saturated rings. The predicted molar refractivity (Wildman–Crippen MR) is 140 cm³/mol. The first-order chi connectivity index (χ1) is 16.5. The van der Waals surface area contributed by atoms with Crippen molar-refractivity contribution in [1.82, 2.24) is 14.9 Å². The zero-order chi connectivity index (χ0) is 23.5. The number of carbonyl (C=O) groups excluding carboxylic acids is 1. The number of aromatic nitrogens is 2. The van der Waals surface area contributed by atoms with Crippen molar-refractivity contribution in [3.05, 3.63) is 76.6 Å². The van der Waals surface area contributed by atoms with E-state index >= 15 is 0 Å². The van der Waals surface area contributed by atoms with E-state index in [1.54, 1.807) is 17.5 Å². The Balaban J connectivity index is 1.43. The molecule has 6 nitrogen and oxygen atoms in total. The van der Waals surface area contributed by atoms with Crippen molar-refractivity contribution in [2.45, 2.75) is 19.3 Å². The lowest BCUT2D eigenvalue weighted by Gasteiger charge is -2.12. The molecule has 0 saturated heterocycles. The quantitative estimate of drug-likeness (QED) is 0.368. The molecule has 0 spiro atoms. The second kappa shape index (κ2) is 9.75. The third kappa shape index (κ3) is 5.00. The highest BCUT2D eigenvalue weighted by atomic mass is 32.1. The third-order valence-electron chi connectivity index (χ3n) is 5.87. The lowest BCUT2D eigenvalue weighted by Crippen LogP contribution is -2.13. The van der Waals surface area contributed by atoms with Crippen LogP contribution in [-0.4, -0.2) is 41.4 Å². The average molecular weight is 470 g/mol. The molecular formula is C27H27N5OS. The molecule has 0 atom stereocenters. The first-order valence-electron chi connectivity index (χ1n) is 11.4. The van der Waals surface area contributed by atoms with Crippen LogP contribution in [-0.2, 0) is 17.6 Å². The van der Waals surface area contributed by atoms with Gasteiger partial charge in [-0.3, -0.25) is 4.79 Å². The van der Waals surface area contributed by atoms with Crippen LogP contribution >= 0.6 is 11.3 Å². The summed E-state index contributed by atoms with van der Waals surface area (Å²) in [5, 5.41) is 10.6. The molecule has 0 unspecified atom stereocenters. The lowest BCUT2D eigenvalue weighted by molar-refractivity contribution is -0.115. The standard InChI is InChI=1S/C27H27N5OS/c1-32(2)11-4-6-18-5-3-7-22(13-18)29-27-28-16-21-15-25(33)30-24-14-19(20-10-12-34-17-20)8-9-23(24)26(21)31-27/h3,5,7-10,12-14,16-17H,4,6,11,15H2,1-2H3,(H,30,33)(H,28,29,31). The highest BCUT2D eigenvalue weighted by Crippen LogP contribution is 2.36. The molecule has 0 bridgehead atoms. The molecule has 2 aromatic heterocycles. The maximum Gasteiger partial charge on any atom is 0.228 e. The summed E-state index contributed by atoms with van der Waals surface area (Å²) in [4.78, 5) is 24.1. The van der Waals surface area contributed by atoms with E-state index in [4.69, 9.17) is 4.98 Å². The monoisotopic (exact) mass is 469 g/mol. The molecule has 3 heterocycles. The van der Waals surface area contributed by atoms with Gasteiger partial charge in [0.1, 0.15) is 0 Å². The van der Waals surface area contributed by atoms with E-state index in [1.165, 1.54) is 5.56 Å². The number of aryl methyl sites for hydroxylation is 1. The lowest BCUT2D eigenvalue weighted by atomic mass is 10.0. The summed E-state index contributed by atoms with van der Waals surface area (Å²) in [6, 6.07) is 16.6. The van der Waals surface area contributed by atoms with Gasteiger partial charge in [-0.15, -0.1) is 0 Å². The number of anilines is 3. The van der Waals surface area contributed by atoms with Gasteiger partial charge in [-0.2, -0.15) is 11.3 Å². The molecule has 0 aliphatic carbocycles. The molecule has 5 rings (SSSR count). The maximum atomic E-state index is 12.6. The van der Waals surface area contributed by atoms with Crippen LogP contribution in [0.15, 0.2) is 65.5 Å². The largest absolute Gasteiger partial charge is 0.325 e. The second-order valence-electron chi connectivity index (χ2n) is 8.80. The Morgan fingerprint density at radius 3 is 2.85 bits per heavy atom. The third-order valence-corrected chi connectivity index (χ3v) is 6.56. The van der Waals surface area contributed by atoms with Crippen molar-refractivity contribution >= 4 is 34.6 Å². The van der Waals surface area contributed by atoms with E-state index in [0.717, 1.165) is 58.7 Å². The van der Waals surface area contributed by atoms with E-state index < -0.39 is 0 Å². The van der Waals surface area contributed by atoms with E-state index in [0.29, 0.717) is 5.95 Å². The van der Waals surface area contributed by atoms with Gasteiger partial charge in [-0.05, 0) is 85.2 Å². The van der Waals surface area contributed by atoms with Crippen LogP contribution in [0.3, 0.4) is 0 Å². The van der Waals surface area contributed by atoms with Crippen molar-refractivity contribution in [3.8, 4) is 22.4 Å². The number of hydrogen-bond acceptors (Lipinski definition) is 6. The van der Waals surface area contributed by atoms with Gasteiger partial charge in [0.25, 0.3) is 0 Å². The van der Waals surface area contributed by atoms with Gasteiger partial charge in [-0.1, -0.05) is 24.3 Å². The number of rotatable bonds is 7. The van der Waals surface area contributed by atoms with Crippen LogP contribution in [0.5, 0.6) is 0 Å². The molecule has 34 heavy (non-hydrogen) atoms. The molecule has 1 amide bonds. The van der Waals surface area contributed by atoms with Crippen molar-refractivity contribution < 1.29 is 4.79 Å². The molecule has 7 heteroatoms. The van der Waals surface area contributed by atoms with Crippen LogP contribution in [0.4, 0.5) is 17.3 Å². The highest BCUT2D eigenvalue weighted by molar-refractivity contribution is 7.08. The summed E-state index contributed by atoms with van der Waals surface area (Å²) in [5.41, 5.74) is 7.74. The summed E-state index contributed by atoms with van der Waals surface area (Å²) in [6.07, 6.45) is 4.13. The first-order valence-corrected chi connectivity index (χ1v) is 12.3. The zero-order valence-corrected chi connectivity index (χ0v) is 20.2. The van der Waals surface area contributed by atoms with Crippen molar-refractivity contribution in [2.24, 2.45) is 0 Å². The van der Waals surface area contributed by atoms with Gasteiger partial charge in [-0.25, -0.2) is 9.97 Å². The van der Waals surface area contributed by atoms with E-state index in [-0.39, 0.29) is 12.3 Å². The summed E-state index contributed by atoms with van der Waals surface area (Å²) >= 11 is 1.66. The van der Waals surface area contributed by atoms with Gasteiger partial charge < -0.3 is 15.5 Å². The molecule has 2 N–H and O–H groups in total. The van der Waals surface area contributed by atoms with Crippen molar-refractivity contribution in [1.29, 1.82) is 0 Å². The van der Waals surface area contributed by atoms with E-state index in [2.05, 4.69) is 75.7 Å². The Bertz CT molecular complexity index is 1320. The van der Waals surface area contributed by atoms with Crippen LogP contribution in [0.25, 0.3) is 22.4 Å². The summed E-state index contributed by atoms with van der Waals surface area (Å²) in [6.45, 7) is 1.06. The Kier molecular flexibility index (Phi) is 6.38. The smallest absolute Gasteiger partial charge is 0.228 e. The topological polar surface area (TPSA) is 70.2 Å². The molecule has 4 aromatic rings. The molecule has 1 aliphatic rings. The molecule has 0 radical (unpaired) electrons. The van der Waals surface area contributed by atoms with Crippen LogP contribution in [0.1, 0.15) is 17.5 Å². The van der Waals surface area contributed by atoms with Gasteiger partial charge in [0.2, 0.25) is 11.9 Å². The average Bonchev–Trinajstić information content (AvgIpc) is 3.31. The van der Waals surface area contributed by atoms with Gasteiger partial charge in [0, 0.05) is 23.0 Å². The predicted octanol–water partition coefficient (Wildman–Crippen LogP) is 5.60. The molecule has 1 aliphatic heterocycles. The van der Waals surface area contributed by atoms with E-state index in [9.17, 15) is 4.79 Å². The minimum Gasteiger partial charge on any atom is -0.325 e. The highest BCUT2D eigenvalue weighted by Gasteiger charge is 2.21. The Morgan fingerprint density at radius 2 is 2.03 bits per heavy atom.